The number of phenols is 2. The molecule has 0 aliphatic rings. The monoisotopic (exact) mass is 432 g/mol. The van der Waals surface area contributed by atoms with Gasteiger partial charge in [0.1, 0.15) is 29.6 Å². The van der Waals surface area contributed by atoms with E-state index in [1.807, 2.05) is 30.3 Å². The van der Waals surface area contributed by atoms with Crippen molar-refractivity contribution in [3.8, 4) is 23.0 Å². The highest BCUT2D eigenvalue weighted by Gasteiger charge is 2.13. The molecule has 2 N–H and O–H groups in total. The number of phenolic OH excluding ortho intramolecular Hbond substituents is 2. The molecular formula is C27H28O5. The standard InChI is InChI=1S/C27H28O5/c1-27(2,3)20-7-10-22(11-8-20)32-17-19-15-18(6-14-26(19)31-4)5-13-24(29)23-12-9-21(28)16-25(23)30/h5-16,28,30H,17H2,1-4H3/b13-5+. The number of carbonyl (C=O) groups is 1. The first-order valence-electron chi connectivity index (χ1n) is 10.3. The van der Waals surface area contributed by atoms with Crippen molar-refractivity contribution in [1.82, 2.24) is 0 Å². The molecule has 0 saturated heterocycles. The van der Waals surface area contributed by atoms with Crippen LogP contribution in [-0.4, -0.2) is 23.1 Å². The Morgan fingerprint density at radius 3 is 2.31 bits per heavy atom. The Morgan fingerprint density at radius 1 is 0.969 bits per heavy atom. The van der Waals surface area contributed by atoms with Crippen LogP contribution in [0.5, 0.6) is 23.0 Å². The van der Waals surface area contributed by atoms with Crippen LogP contribution in [0, 0.1) is 0 Å². The summed E-state index contributed by atoms with van der Waals surface area (Å²) in [7, 11) is 1.60. The molecule has 0 aromatic heterocycles. The SMILES string of the molecule is COc1ccc(/C=C/C(=O)c2ccc(O)cc2O)cc1COc1ccc(C(C)(C)C)cc1. The minimum Gasteiger partial charge on any atom is -0.508 e. The predicted molar refractivity (Wildman–Crippen MR) is 126 cm³/mol. The van der Waals surface area contributed by atoms with Crippen LogP contribution in [0.3, 0.4) is 0 Å². The van der Waals surface area contributed by atoms with Crippen LogP contribution in [0.4, 0.5) is 0 Å². The van der Waals surface area contributed by atoms with Gasteiger partial charge in [-0.15, -0.1) is 0 Å². The molecule has 0 amide bonds. The molecule has 0 heterocycles. The van der Waals surface area contributed by atoms with Crippen LogP contribution < -0.4 is 9.47 Å². The molecule has 0 spiro atoms. The van der Waals surface area contributed by atoms with Gasteiger partial charge >= 0.3 is 0 Å². The number of allylic oxidation sites excluding steroid dienone is 1. The second-order valence-corrected chi connectivity index (χ2v) is 8.53. The van der Waals surface area contributed by atoms with E-state index in [4.69, 9.17) is 9.47 Å². The lowest BCUT2D eigenvalue weighted by Crippen LogP contribution is -2.10. The number of aromatic hydroxyl groups is 2. The predicted octanol–water partition coefficient (Wildman–Crippen LogP) is 5.88. The zero-order valence-corrected chi connectivity index (χ0v) is 18.8. The summed E-state index contributed by atoms with van der Waals surface area (Å²) in [5.41, 5.74) is 3.07. The van der Waals surface area contributed by atoms with Gasteiger partial charge in [0.15, 0.2) is 5.78 Å². The zero-order chi connectivity index (χ0) is 23.3. The number of methoxy groups -OCH3 is 1. The van der Waals surface area contributed by atoms with E-state index < -0.39 is 0 Å². The van der Waals surface area contributed by atoms with Crippen molar-refractivity contribution in [2.24, 2.45) is 0 Å². The van der Waals surface area contributed by atoms with Crippen molar-refractivity contribution in [1.29, 1.82) is 0 Å². The molecule has 0 aliphatic carbocycles. The summed E-state index contributed by atoms with van der Waals surface area (Å²) in [6, 6.07) is 17.5. The first-order valence-corrected chi connectivity index (χ1v) is 10.3. The van der Waals surface area contributed by atoms with Crippen molar-refractivity contribution < 1.29 is 24.5 Å². The quantitative estimate of drug-likeness (QED) is 0.360. The van der Waals surface area contributed by atoms with E-state index in [-0.39, 0.29) is 28.3 Å². The third-order valence-electron chi connectivity index (χ3n) is 5.09. The fourth-order valence-electron chi connectivity index (χ4n) is 3.22. The molecule has 5 nitrogen and oxygen atoms in total. The summed E-state index contributed by atoms with van der Waals surface area (Å²) < 4.78 is 11.4. The van der Waals surface area contributed by atoms with Gasteiger partial charge in [-0.05, 0) is 59.0 Å². The highest BCUT2D eigenvalue weighted by Crippen LogP contribution is 2.27. The Hall–Kier alpha value is -3.73. The van der Waals surface area contributed by atoms with Crippen LogP contribution in [0.1, 0.15) is 47.8 Å². The minimum absolute atomic E-state index is 0.0801. The largest absolute Gasteiger partial charge is 0.508 e. The number of ketones is 1. The minimum atomic E-state index is -0.366. The number of hydrogen-bond donors (Lipinski definition) is 2. The lowest BCUT2D eigenvalue weighted by molar-refractivity contribution is 0.104. The fourth-order valence-corrected chi connectivity index (χ4v) is 3.22. The van der Waals surface area contributed by atoms with Crippen molar-refractivity contribution in [3.63, 3.8) is 0 Å². The summed E-state index contributed by atoms with van der Waals surface area (Å²) >= 11 is 0. The van der Waals surface area contributed by atoms with Gasteiger partial charge in [0.05, 0.1) is 12.7 Å². The van der Waals surface area contributed by atoms with E-state index in [0.29, 0.717) is 12.4 Å². The Kier molecular flexibility index (Phi) is 6.89. The smallest absolute Gasteiger partial charge is 0.189 e. The molecule has 0 unspecified atom stereocenters. The Balaban J connectivity index is 1.73. The molecule has 32 heavy (non-hydrogen) atoms. The first kappa shape index (κ1) is 22.9. The van der Waals surface area contributed by atoms with Crippen LogP contribution in [0.15, 0.2) is 66.7 Å². The average Bonchev–Trinajstić information content (AvgIpc) is 2.75. The third kappa shape index (κ3) is 5.70. The van der Waals surface area contributed by atoms with Gasteiger partial charge in [-0.3, -0.25) is 4.79 Å². The van der Waals surface area contributed by atoms with E-state index >= 15 is 0 Å². The lowest BCUT2D eigenvalue weighted by Gasteiger charge is -2.19. The van der Waals surface area contributed by atoms with E-state index in [1.54, 1.807) is 13.2 Å². The number of hydrogen-bond acceptors (Lipinski definition) is 5. The summed E-state index contributed by atoms with van der Waals surface area (Å²) in [6.45, 7) is 6.81. The number of ether oxygens (including phenoxy) is 2. The topological polar surface area (TPSA) is 76.0 Å². The van der Waals surface area contributed by atoms with Crippen molar-refractivity contribution >= 4 is 11.9 Å². The van der Waals surface area contributed by atoms with Crippen LogP contribution >= 0.6 is 0 Å². The van der Waals surface area contributed by atoms with Gasteiger partial charge in [0.2, 0.25) is 0 Å². The summed E-state index contributed by atoms with van der Waals surface area (Å²) in [5.74, 6) is 0.724. The molecule has 166 valence electrons. The maximum Gasteiger partial charge on any atom is 0.189 e. The Bertz CT molecular complexity index is 1120. The van der Waals surface area contributed by atoms with Crippen LogP contribution in [0.25, 0.3) is 6.08 Å². The summed E-state index contributed by atoms with van der Waals surface area (Å²) in [4.78, 5) is 12.4. The maximum atomic E-state index is 12.4. The van der Waals surface area contributed by atoms with E-state index in [9.17, 15) is 15.0 Å². The van der Waals surface area contributed by atoms with Crippen molar-refractivity contribution in [2.45, 2.75) is 32.8 Å². The van der Waals surface area contributed by atoms with Gasteiger partial charge in [0, 0.05) is 11.6 Å². The molecule has 3 aromatic rings. The molecule has 0 bridgehead atoms. The molecule has 0 aliphatic heterocycles. The second kappa shape index (κ2) is 9.60. The number of benzene rings is 3. The molecule has 0 saturated carbocycles. The molecule has 3 rings (SSSR count). The van der Waals surface area contributed by atoms with Gasteiger partial charge in [-0.25, -0.2) is 0 Å². The van der Waals surface area contributed by atoms with Crippen molar-refractivity contribution in [2.75, 3.05) is 7.11 Å². The van der Waals surface area contributed by atoms with E-state index in [2.05, 4.69) is 32.9 Å². The van der Waals surface area contributed by atoms with Crippen LogP contribution in [0.2, 0.25) is 0 Å². The molecule has 3 aromatic carbocycles. The van der Waals surface area contributed by atoms with E-state index in [0.717, 1.165) is 22.9 Å². The van der Waals surface area contributed by atoms with Gasteiger partial charge < -0.3 is 19.7 Å². The summed E-state index contributed by atoms with van der Waals surface area (Å²) in [5, 5.41) is 19.2. The lowest BCUT2D eigenvalue weighted by atomic mass is 9.87. The highest BCUT2D eigenvalue weighted by atomic mass is 16.5. The second-order valence-electron chi connectivity index (χ2n) is 8.53. The van der Waals surface area contributed by atoms with E-state index in [1.165, 1.54) is 23.8 Å². The molecule has 0 atom stereocenters. The molecular weight excluding hydrogens is 404 g/mol. The third-order valence-corrected chi connectivity index (χ3v) is 5.09. The summed E-state index contributed by atoms with van der Waals surface area (Å²) in [6.07, 6.45) is 3.04. The molecule has 5 heteroatoms. The Labute approximate surface area is 188 Å². The zero-order valence-electron chi connectivity index (χ0n) is 18.8. The van der Waals surface area contributed by atoms with Crippen molar-refractivity contribution in [3.05, 3.63) is 89.0 Å². The van der Waals surface area contributed by atoms with Gasteiger partial charge in [-0.2, -0.15) is 0 Å². The van der Waals surface area contributed by atoms with Crippen LogP contribution in [-0.2, 0) is 12.0 Å². The van der Waals surface area contributed by atoms with Gasteiger partial charge in [0.25, 0.3) is 0 Å². The maximum absolute atomic E-state index is 12.4. The number of carbonyl (C=O) groups excluding carboxylic acids is 1. The normalized spacial score (nSPS) is 11.5. The first-order chi connectivity index (χ1) is 15.2. The molecule has 0 fully saturated rings. The molecule has 0 radical (unpaired) electrons. The van der Waals surface area contributed by atoms with Gasteiger partial charge in [-0.1, -0.05) is 45.0 Å². The highest BCUT2D eigenvalue weighted by molar-refractivity contribution is 6.08. The fraction of sp³-hybridized carbons (Fsp3) is 0.222. The average molecular weight is 433 g/mol. The number of rotatable bonds is 7. The Morgan fingerprint density at radius 2 is 1.69 bits per heavy atom.